The second kappa shape index (κ2) is 7.03. The second-order valence-electron chi connectivity index (χ2n) is 7.12. The predicted molar refractivity (Wildman–Crippen MR) is 91.9 cm³/mol. The average molecular weight is 361 g/mol. The normalized spacial score (nSPS) is 22.8. The monoisotopic (exact) mass is 361 g/mol. The molecule has 1 aliphatic carbocycles. The van der Waals surface area contributed by atoms with Crippen LogP contribution in [0, 0.1) is 5.41 Å². The number of nitrogens with two attached hydrogens (primary N) is 1. The van der Waals surface area contributed by atoms with Crippen molar-refractivity contribution in [1.29, 1.82) is 0 Å². The van der Waals surface area contributed by atoms with Crippen molar-refractivity contribution < 1.29 is 24.6 Å². The number of nitrogens with one attached hydrogen (secondary N) is 1. The number of hydrogen-bond acceptors (Lipinski definition) is 5. The summed E-state index contributed by atoms with van der Waals surface area (Å²) < 4.78 is 0. The molecule has 1 amide bonds. The Labute approximate surface area is 150 Å². The van der Waals surface area contributed by atoms with Crippen molar-refractivity contribution in [2.24, 2.45) is 11.1 Å². The maximum absolute atomic E-state index is 12.0. The number of rotatable bonds is 5. The fraction of sp³-hybridized carbons (Fsp3) is 0.556. The lowest BCUT2D eigenvalue weighted by molar-refractivity contribution is -0.165. The summed E-state index contributed by atoms with van der Waals surface area (Å²) in [5.74, 6) is -3.95. The Morgan fingerprint density at radius 2 is 1.81 bits per heavy atom. The van der Waals surface area contributed by atoms with E-state index in [0.717, 1.165) is 25.9 Å². The first-order valence-electron chi connectivity index (χ1n) is 8.85. The van der Waals surface area contributed by atoms with Crippen molar-refractivity contribution in [3.8, 4) is 0 Å². The number of aromatic nitrogens is 1. The number of nitrogens with zero attached hydrogens (tertiary/aromatic N) is 1. The molecular weight excluding hydrogens is 338 g/mol. The number of carboxylic acid groups (broad SMARTS) is 2. The van der Waals surface area contributed by atoms with Gasteiger partial charge >= 0.3 is 11.9 Å². The molecule has 2 heterocycles. The lowest BCUT2D eigenvalue weighted by atomic mass is 9.74. The molecular formula is C18H23N3O5. The number of carbonyl (C=O) groups excluding carboxylic acids is 1. The highest BCUT2D eigenvalue weighted by molar-refractivity contribution is 6.00. The van der Waals surface area contributed by atoms with Crippen LogP contribution in [0.2, 0.25) is 0 Å². The topological polar surface area (TPSA) is 143 Å². The van der Waals surface area contributed by atoms with E-state index in [1.54, 1.807) is 6.07 Å². The highest BCUT2D eigenvalue weighted by atomic mass is 16.4. The molecule has 8 nitrogen and oxygen atoms in total. The van der Waals surface area contributed by atoms with Crippen LogP contribution in [-0.4, -0.2) is 46.1 Å². The van der Waals surface area contributed by atoms with E-state index < -0.39 is 29.2 Å². The van der Waals surface area contributed by atoms with Gasteiger partial charge in [0.1, 0.15) is 0 Å². The standard InChI is InChI=1S/C18H23N3O5/c19-15(22)12-8-11(9-21-14(12)10-3-6-20-7-4-10)13-2-1-5-18(13,16(23)24)17(25)26/h8-10,13,20H,1-7H2,(H2,19,22)(H,23,24)(H,25,26). The molecule has 0 radical (unpaired) electrons. The molecule has 140 valence electrons. The third-order valence-electron chi connectivity index (χ3n) is 5.76. The second-order valence-corrected chi connectivity index (χ2v) is 7.12. The van der Waals surface area contributed by atoms with Crippen LogP contribution in [0.15, 0.2) is 12.3 Å². The van der Waals surface area contributed by atoms with Gasteiger partial charge in [-0.1, -0.05) is 6.42 Å². The van der Waals surface area contributed by atoms with Crippen molar-refractivity contribution in [1.82, 2.24) is 10.3 Å². The Hall–Kier alpha value is -2.48. The first-order valence-corrected chi connectivity index (χ1v) is 8.85. The number of pyridine rings is 1. The van der Waals surface area contributed by atoms with Crippen LogP contribution in [0.25, 0.3) is 0 Å². The summed E-state index contributed by atoms with van der Waals surface area (Å²) in [6.07, 6.45) is 4.18. The lowest BCUT2D eigenvalue weighted by Crippen LogP contribution is -2.41. The maximum Gasteiger partial charge on any atom is 0.321 e. The largest absolute Gasteiger partial charge is 0.480 e. The molecule has 1 aliphatic heterocycles. The molecule has 1 aromatic heterocycles. The van der Waals surface area contributed by atoms with Gasteiger partial charge < -0.3 is 21.3 Å². The van der Waals surface area contributed by atoms with Gasteiger partial charge in [0, 0.05) is 18.0 Å². The lowest BCUT2D eigenvalue weighted by Gasteiger charge is -2.28. The van der Waals surface area contributed by atoms with E-state index in [2.05, 4.69) is 10.3 Å². The summed E-state index contributed by atoms with van der Waals surface area (Å²) in [5.41, 5.74) is 5.02. The third kappa shape index (κ3) is 2.94. The van der Waals surface area contributed by atoms with Gasteiger partial charge in [0.2, 0.25) is 0 Å². The number of amides is 1. The summed E-state index contributed by atoms with van der Waals surface area (Å²) >= 11 is 0. The maximum atomic E-state index is 12.0. The highest BCUT2D eigenvalue weighted by Gasteiger charge is 2.56. The van der Waals surface area contributed by atoms with Gasteiger partial charge in [-0.3, -0.25) is 19.4 Å². The minimum atomic E-state index is -1.88. The first kappa shape index (κ1) is 18.3. The molecule has 1 aromatic rings. The number of hydrogen-bond donors (Lipinski definition) is 4. The van der Waals surface area contributed by atoms with E-state index in [1.807, 2.05) is 0 Å². The predicted octanol–water partition coefficient (Wildman–Crippen LogP) is 1.07. The van der Waals surface area contributed by atoms with Gasteiger partial charge in [-0.25, -0.2) is 0 Å². The molecule has 8 heteroatoms. The molecule has 0 aromatic carbocycles. The smallest absolute Gasteiger partial charge is 0.321 e. The summed E-state index contributed by atoms with van der Waals surface area (Å²) in [4.78, 5) is 40.0. The zero-order valence-corrected chi connectivity index (χ0v) is 14.4. The van der Waals surface area contributed by atoms with Gasteiger partial charge in [0.05, 0.1) is 11.3 Å². The quantitative estimate of drug-likeness (QED) is 0.574. The molecule has 1 unspecified atom stereocenters. The van der Waals surface area contributed by atoms with Crippen molar-refractivity contribution >= 4 is 17.8 Å². The van der Waals surface area contributed by atoms with Gasteiger partial charge in [0.25, 0.3) is 5.91 Å². The van der Waals surface area contributed by atoms with Crippen LogP contribution in [-0.2, 0) is 9.59 Å². The van der Waals surface area contributed by atoms with Crippen LogP contribution in [0.5, 0.6) is 0 Å². The molecule has 2 aliphatic rings. The molecule has 1 atom stereocenters. The molecule has 1 saturated heterocycles. The number of aliphatic carboxylic acids is 2. The minimum absolute atomic E-state index is 0.0598. The van der Waals surface area contributed by atoms with Crippen molar-refractivity contribution in [2.75, 3.05) is 13.1 Å². The first-order chi connectivity index (χ1) is 12.4. The molecule has 3 rings (SSSR count). The fourth-order valence-electron chi connectivity index (χ4n) is 4.36. The fourth-order valence-corrected chi connectivity index (χ4v) is 4.36. The summed E-state index contributed by atoms with van der Waals surface area (Å²) in [7, 11) is 0. The van der Waals surface area contributed by atoms with E-state index in [-0.39, 0.29) is 17.9 Å². The van der Waals surface area contributed by atoms with Crippen LogP contribution in [0.1, 0.15) is 65.6 Å². The summed E-state index contributed by atoms with van der Waals surface area (Å²) in [6, 6.07) is 1.56. The van der Waals surface area contributed by atoms with E-state index >= 15 is 0 Å². The molecule has 26 heavy (non-hydrogen) atoms. The van der Waals surface area contributed by atoms with Gasteiger partial charge in [-0.05, 0) is 50.4 Å². The molecule has 0 spiro atoms. The molecule has 5 N–H and O–H groups in total. The van der Waals surface area contributed by atoms with Crippen molar-refractivity contribution in [3.05, 3.63) is 29.1 Å². The third-order valence-corrected chi connectivity index (χ3v) is 5.76. The molecule has 1 saturated carbocycles. The van der Waals surface area contributed by atoms with Gasteiger partial charge in [-0.2, -0.15) is 0 Å². The van der Waals surface area contributed by atoms with Gasteiger partial charge in [-0.15, -0.1) is 0 Å². The molecule has 2 fully saturated rings. The van der Waals surface area contributed by atoms with Crippen molar-refractivity contribution in [2.45, 2.75) is 43.9 Å². The van der Waals surface area contributed by atoms with Crippen LogP contribution in [0.4, 0.5) is 0 Å². The van der Waals surface area contributed by atoms with E-state index in [4.69, 9.17) is 5.73 Å². The summed E-state index contributed by atoms with van der Waals surface area (Å²) in [6.45, 7) is 1.66. The summed E-state index contributed by atoms with van der Waals surface area (Å²) in [5, 5.41) is 22.5. The van der Waals surface area contributed by atoms with Crippen LogP contribution < -0.4 is 11.1 Å². The van der Waals surface area contributed by atoms with Crippen LogP contribution in [0.3, 0.4) is 0 Å². The van der Waals surface area contributed by atoms with E-state index in [1.165, 1.54) is 6.20 Å². The Balaban J connectivity index is 2.03. The van der Waals surface area contributed by atoms with Crippen molar-refractivity contribution in [3.63, 3.8) is 0 Å². The Morgan fingerprint density at radius 3 is 2.38 bits per heavy atom. The highest BCUT2D eigenvalue weighted by Crippen LogP contribution is 2.50. The SMILES string of the molecule is NC(=O)c1cc(C2CCCC2(C(=O)O)C(=O)O)cnc1C1CCNCC1. The Bertz CT molecular complexity index is 728. The number of carboxylic acids is 2. The number of primary amides is 1. The Morgan fingerprint density at radius 1 is 1.15 bits per heavy atom. The van der Waals surface area contributed by atoms with Crippen LogP contribution >= 0.6 is 0 Å². The average Bonchev–Trinajstić information content (AvgIpc) is 3.08. The van der Waals surface area contributed by atoms with E-state index in [0.29, 0.717) is 24.1 Å². The van der Waals surface area contributed by atoms with Gasteiger partial charge in [0.15, 0.2) is 5.41 Å². The number of piperidine rings is 1. The molecule has 0 bridgehead atoms. The van der Waals surface area contributed by atoms with E-state index in [9.17, 15) is 24.6 Å². The number of carbonyl (C=O) groups is 3. The zero-order valence-electron chi connectivity index (χ0n) is 14.4. The minimum Gasteiger partial charge on any atom is -0.480 e. The zero-order chi connectivity index (χ0) is 18.9. The Kier molecular flexibility index (Phi) is 4.95.